The normalized spacial score (nSPS) is 16.8. The second-order valence-electron chi connectivity index (χ2n) is 6.29. The molecule has 0 spiro atoms. The van der Waals surface area contributed by atoms with Crippen molar-refractivity contribution in [1.29, 1.82) is 0 Å². The van der Waals surface area contributed by atoms with Crippen molar-refractivity contribution in [3.8, 4) is 5.69 Å². The zero-order chi connectivity index (χ0) is 17.1. The van der Waals surface area contributed by atoms with E-state index in [1.807, 2.05) is 19.9 Å². The van der Waals surface area contributed by atoms with E-state index in [0.717, 1.165) is 24.0 Å². The van der Waals surface area contributed by atoms with Crippen molar-refractivity contribution in [3.63, 3.8) is 0 Å². The number of ether oxygens (including phenoxy) is 1. The Labute approximate surface area is 140 Å². The molecule has 2 aromatic rings. The van der Waals surface area contributed by atoms with Gasteiger partial charge in [0.25, 0.3) is 0 Å². The third kappa shape index (κ3) is 3.64. The zero-order valence-corrected chi connectivity index (χ0v) is 14.0. The Morgan fingerprint density at radius 3 is 2.79 bits per heavy atom. The maximum Gasteiger partial charge on any atom is 0.223 e. The first-order valence-electron chi connectivity index (χ1n) is 8.24. The number of aryl methyl sites for hydroxylation is 1. The van der Waals surface area contributed by atoms with Crippen molar-refractivity contribution in [3.05, 3.63) is 47.5 Å². The highest BCUT2D eigenvalue weighted by Crippen LogP contribution is 2.21. The SMILES string of the molecule is Cc1cnn(-c2ccc([C@@H](C)NC(=O)C3CCOCC3)cc2F)c1. The monoisotopic (exact) mass is 331 g/mol. The van der Waals surface area contributed by atoms with Gasteiger partial charge in [-0.1, -0.05) is 6.07 Å². The van der Waals surface area contributed by atoms with Crippen LogP contribution < -0.4 is 5.32 Å². The molecule has 24 heavy (non-hydrogen) atoms. The van der Waals surface area contributed by atoms with Crippen LogP contribution in [0.25, 0.3) is 5.69 Å². The van der Waals surface area contributed by atoms with E-state index in [1.165, 1.54) is 10.7 Å². The number of rotatable bonds is 4. The molecular formula is C18H22FN3O2. The summed E-state index contributed by atoms with van der Waals surface area (Å²) in [6, 6.07) is 4.73. The maximum atomic E-state index is 14.4. The number of hydrogen-bond donors (Lipinski definition) is 1. The summed E-state index contributed by atoms with van der Waals surface area (Å²) in [5.41, 5.74) is 2.10. The highest BCUT2D eigenvalue weighted by molar-refractivity contribution is 5.79. The van der Waals surface area contributed by atoms with Crippen LogP contribution in [0.4, 0.5) is 4.39 Å². The van der Waals surface area contributed by atoms with E-state index in [4.69, 9.17) is 4.74 Å². The number of nitrogens with one attached hydrogen (secondary N) is 1. The summed E-state index contributed by atoms with van der Waals surface area (Å²) >= 11 is 0. The molecule has 1 atom stereocenters. The van der Waals surface area contributed by atoms with Gasteiger partial charge in [-0.2, -0.15) is 5.10 Å². The molecule has 1 fully saturated rings. The van der Waals surface area contributed by atoms with E-state index in [1.54, 1.807) is 18.5 Å². The molecule has 2 heterocycles. The summed E-state index contributed by atoms with van der Waals surface area (Å²) in [5, 5.41) is 7.10. The van der Waals surface area contributed by atoms with Crippen molar-refractivity contribution in [2.24, 2.45) is 5.92 Å². The minimum atomic E-state index is -0.359. The minimum Gasteiger partial charge on any atom is -0.381 e. The fraction of sp³-hybridized carbons (Fsp3) is 0.444. The quantitative estimate of drug-likeness (QED) is 0.937. The first-order valence-corrected chi connectivity index (χ1v) is 8.24. The Morgan fingerprint density at radius 2 is 2.17 bits per heavy atom. The van der Waals surface area contributed by atoms with Gasteiger partial charge < -0.3 is 10.1 Å². The Bertz CT molecular complexity index is 723. The molecule has 0 bridgehead atoms. The van der Waals surface area contributed by atoms with Gasteiger partial charge in [0.1, 0.15) is 11.5 Å². The Morgan fingerprint density at radius 1 is 1.42 bits per heavy atom. The van der Waals surface area contributed by atoms with Crippen LogP contribution in [0, 0.1) is 18.7 Å². The van der Waals surface area contributed by atoms with Crippen molar-refractivity contribution < 1.29 is 13.9 Å². The van der Waals surface area contributed by atoms with Crippen LogP contribution in [-0.4, -0.2) is 28.9 Å². The topological polar surface area (TPSA) is 56.2 Å². The number of carbonyl (C=O) groups excluding carboxylic acids is 1. The summed E-state index contributed by atoms with van der Waals surface area (Å²) in [6.07, 6.45) is 4.94. The summed E-state index contributed by atoms with van der Waals surface area (Å²) in [7, 11) is 0. The van der Waals surface area contributed by atoms with Crippen LogP contribution in [0.2, 0.25) is 0 Å². The molecule has 0 unspecified atom stereocenters. The zero-order valence-electron chi connectivity index (χ0n) is 14.0. The molecule has 0 aliphatic carbocycles. The number of nitrogens with zero attached hydrogens (tertiary/aromatic N) is 2. The third-order valence-electron chi connectivity index (χ3n) is 4.38. The number of benzene rings is 1. The molecule has 0 radical (unpaired) electrons. The molecule has 6 heteroatoms. The van der Waals surface area contributed by atoms with E-state index in [0.29, 0.717) is 18.9 Å². The third-order valence-corrected chi connectivity index (χ3v) is 4.38. The van der Waals surface area contributed by atoms with Crippen molar-refractivity contribution in [2.75, 3.05) is 13.2 Å². The largest absolute Gasteiger partial charge is 0.381 e. The van der Waals surface area contributed by atoms with Gasteiger partial charge in [-0.3, -0.25) is 4.79 Å². The molecule has 1 saturated heterocycles. The summed E-state index contributed by atoms with van der Waals surface area (Å²) in [6.45, 7) is 5.02. The highest BCUT2D eigenvalue weighted by atomic mass is 19.1. The molecule has 5 nitrogen and oxygen atoms in total. The lowest BCUT2D eigenvalue weighted by atomic mass is 9.98. The van der Waals surface area contributed by atoms with E-state index in [-0.39, 0.29) is 23.7 Å². The summed E-state index contributed by atoms with van der Waals surface area (Å²) < 4.78 is 21.2. The van der Waals surface area contributed by atoms with Crippen molar-refractivity contribution in [2.45, 2.75) is 32.7 Å². The number of halogens is 1. The Kier molecular flexibility index (Phi) is 4.94. The number of aromatic nitrogens is 2. The van der Waals surface area contributed by atoms with Crippen molar-refractivity contribution in [1.82, 2.24) is 15.1 Å². The summed E-state index contributed by atoms with van der Waals surface area (Å²) in [5.74, 6) is -0.363. The molecule has 1 aromatic carbocycles. The first-order chi connectivity index (χ1) is 11.5. The van der Waals surface area contributed by atoms with Crippen molar-refractivity contribution >= 4 is 5.91 Å². The number of hydrogen-bond acceptors (Lipinski definition) is 3. The van der Waals surface area contributed by atoms with E-state index in [2.05, 4.69) is 10.4 Å². The van der Waals surface area contributed by atoms with E-state index >= 15 is 0 Å². The average Bonchev–Trinajstić information content (AvgIpc) is 3.01. The van der Waals surface area contributed by atoms with Gasteiger partial charge in [-0.05, 0) is 49.9 Å². The maximum absolute atomic E-state index is 14.4. The van der Waals surface area contributed by atoms with Gasteiger partial charge in [0.05, 0.1) is 12.2 Å². The van der Waals surface area contributed by atoms with Gasteiger partial charge >= 0.3 is 0 Å². The van der Waals surface area contributed by atoms with Gasteiger partial charge in [0, 0.05) is 25.3 Å². The van der Waals surface area contributed by atoms with Crippen LogP contribution >= 0.6 is 0 Å². The van der Waals surface area contributed by atoms with Crippen LogP contribution in [-0.2, 0) is 9.53 Å². The fourth-order valence-corrected chi connectivity index (χ4v) is 2.90. The van der Waals surface area contributed by atoms with Gasteiger partial charge in [0.15, 0.2) is 0 Å². The standard InChI is InChI=1S/C18H22FN3O2/c1-12-10-20-22(11-12)17-4-3-15(9-16(17)19)13(2)21-18(23)14-5-7-24-8-6-14/h3-4,9-11,13-14H,5-8H2,1-2H3,(H,21,23)/t13-/m1/s1. The van der Waals surface area contributed by atoms with Crippen LogP contribution in [0.3, 0.4) is 0 Å². The highest BCUT2D eigenvalue weighted by Gasteiger charge is 2.23. The lowest BCUT2D eigenvalue weighted by molar-refractivity contribution is -0.128. The minimum absolute atomic E-state index is 0.0120. The van der Waals surface area contributed by atoms with Crippen LogP contribution in [0.1, 0.15) is 36.9 Å². The second-order valence-corrected chi connectivity index (χ2v) is 6.29. The lowest BCUT2D eigenvalue weighted by Gasteiger charge is -2.23. The average molecular weight is 331 g/mol. The van der Waals surface area contributed by atoms with Crippen LogP contribution in [0.5, 0.6) is 0 Å². The molecule has 1 amide bonds. The molecule has 3 rings (SSSR count). The fourth-order valence-electron chi connectivity index (χ4n) is 2.90. The number of carbonyl (C=O) groups is 1. The first kappa shape index (κ1) is 16.6. The molecule has 128 valence electrons. The molecule has 1 aliphatic heterocycles. The van der Waals surface area contributed by atoms with E-state index < -0.39 is 0 Å². The second kappa shape index (κ2) is 7.13. The Balaban J connectivity index is 1.70. The Hall–Kier alpha value is -2.21. The molecule has 1 aliphatic rings. The van der Waals surface area contributed by atoms with Gasteiger partial charge in [-0.15, -0.1) is 0 Å². The van der Waals surface area contributed by atoms with Crippen LogP contribution in [0.15, 0.2) is 30.6 Å². The summed E-state index contributed by atoms with van der Waals surface area (Å²) in [4.78, 5) is 12.3. The predicted octanol–water partition coefficient (Wildman–Crippen LogP) is 2.92. The molecule has 1 aromatic heterocycles. The smallest absolute Gasteiger partial charge is 0.223 e. The van der Waals surface area contributed by atoms with E-state index in [9.17, 15) is 9.18 Å². The molecule has 0 saturated carbocycles. The van der Waals surface area contributed by atoms with Gasteiger partial charge in [0.2, 0.25) is 5.91 Å². The predicted molar refractivity (Wildman–Crippen MR) is 88.4 cm³/mol. The lowest BCUT2D eigenvalue weighted by Crippen LogP contribution is -2.35. The number of amides is 1. The van der Waals surface area contributed by atoms with Gasteiger partial charge in [-0.25, -0.2) is 9.07 Å². The molecular weight excluding hydrogens is 309 g/mol. The molecule has 1 N–H and O–H groups in total.